The molecule has 112 valence electrons. The smallest absolute Gasteiger partial charge is 0.350 e. The number of hydrogen-bond donors (Lipinski definition) is 1. The first kappa shape index (κ1) is 15.0. The zero-order chi connectivity index (χ0) is 14.8. The molecular formula is C12H20N4O3S. The topological polar surface area (TPSA) is 98.3 Å². The number of sulfonamides is 1. The highest BCUT2D eigenvalue weighted by molar-refractivity contribution is 7.88. The minimum atomic E-state index is -3.38. The van der Waals surface area contributed by atoms with Gasteiger partial charge in [-0.05, 0) is 18.9 Å². The zero-order valence-corrected chi connectivity index (χ0v) is 12.3. The van der Waals surface area contributed by atoms with Crippen molar-refractivity contribution in [2.24, 2.45) is 0 Å². The van der Waals surface area contributed by atoms with E-state index in [0.717, 1.165) is 32.1 Å². The highest BCUT2D eigenvalue weighted by Crippen LogP contribution is 2.24. The van der Waals surface area contributed by atoms with Crippen molar-refractivity contribution >= 4 is 15.8 Å². The largest absolute Gasteiger partial charge is 0.383 e. The number of nitrogens with two attached hydrogens (primary N) is 1. The second-order valence-electron chi connectivity index (χ2n) is 5.19. The lowest BCUT2D eigenvalue weighted by molar-refractivity contribution is 0.215. The summed E-state index contributed by atoms with van der Waals surface area (Å²) in [6.45, 7) is -0.00435. The van der Waals surface area contributed by atoms with Crippen LogP contribution in [-0.4, -0.2) is 34.6 Å². The molecule has 1 aliphatic rings. The Balaban J connectivity index is 2.26. The molecule has 0 saturated heterocycles. The Kier molecular flexibility index (Phi) is 4.44. The fourth-order valence-corrected chi connectivity index (χ4v) is 3.65. The number of aromatic nitrogens is 2. The van der Waals surface area contributed by atoms with Crippen molar-refractivity contribution in [3.8, 4) is 0 Å². The number of nitrogens with zero attached hydrogens (tertiary/aromatic N) is 3. The standard InChI is InChI=1S/C12H20N4O3S/c1-20(18,19)16(10-5-3-2-4-6-10)9-15-8-7-11(13)14-12(15)17/h7-8,10H,2-6,9H2,1H3,(H2,13,14,17). The first-order valence-electron chi connectivity index (χ1n) is 6.68. The predicted octanol–water partition coefficient (Wildman–Crippen LogP) is 0.377. The summed E-state index contributed by atoms with van der Waals surface area (Å²) in [6, 6.07) is 1.45. The molecule has 0 aromatic carbocycles. The van der Waals surface area contributed by atoms with E-state index < -0.39 is 15.7 Å². The Labute approximate surface area is 118 Å². The second kappa shape index (κ2) is 5.92. The van der Waals surface area contributed by atoms with Gasteiger partial charge in [-0.2, -0.15) is 9.29 Å². The maximum atomic E-state index is 12.0. The Bertz CT molecular complexity index is 620. The summed E-state index contributed by atoms with van der Waals surface area (Å²) >= 11 is 0. The van der Waals surface area contributed by atoms with Crippen molar-refractivity contribution in [3.05, 3.63) is 22.7 Å². The summed E-state index contributed by atoms with van der Waals surface area (Å²) in [5.74, 6) is 0.134. The van der Waals surface area contributed by atoms with Crippen molar-refractivity contribution in [1.82, 2.24) is 13.9 Å². The van der Waals surface area contributed by atoms with Gasteiger partial charge in [-0.15, -0.1) is 0 Å². The molecule has 8 heteroatoms. The molecule has 0 atom stereocenters. The zero-order valence-electron chi connectivity index (χ0n) is 11.5. The molecule has 1 heterocycles. The lowest BCUT2D eigenvalue weighted by atomic mass is 9.96. The van der Waals surface area contributed by atoms with Gasteiger partial charge in [-0.1, -0.05) is 19.3 Å². The summed E-state index contributed by atoms with van der Waals surface area (Å²) in [7, 11) is -3.38. The van der Waals surface area contributed by atoms with E-state index in [4.69, 9.17) is 5.73 Å². The molecule has 0 unspecified atom stereocenters. The van der Waals surface area contributed by atoms with Crippen LogP contribution in [0.2, 0.25) is 0 Å². The van der Waals surface area contributed by atoms with Crippen LogP contribution in [0.5, 0.6) is 0 Å². The van der Waals surface area contributed by atoms with E-state index in [0.29, 0.717) is 0 Å². The molecule has 0 aliphatic heterocycles. The van der Waals surface area contributed by atoms with E-state index in [-0.39, 0.29) is 18.5 Å². The molecule has 2 rings (SSSR count). The third-order valence-electron chi connectivity index (χ3n) is 3.60. The molecule has 1 fully saturated rings. The molecular weight excluding hydrogens is 280 g/mol. The fourth-order valence-electron chi connectivity index (χ4n) is 2.56. The highest BCUT2D eigenvalue weighted by Gasteiger charge is 2.28. The maximum absolute atomic E-state index is 12.0. The number of rotatable bonds is 4. The van der Waals surface area contributed by atoms with Crippen LogP contribution in [-0.2, 0) is 16.7 Å². The van der Waals surface area contributed by atoms with E-state index >= 15 is 0 Å². The number of nitrogen functional groups attached to an aromatic ring is 1. The van der Waals surface area contributed by atoms with Crippen LogP contribution in [0.15, 0.2) is 17.1 Å². The molecule has 1 aliphatic carbocycles. The van der Waals surface area contributed by atoms with E-state index in [9.17, 15) is 13.2 Å². The van der Waals surface area contributed by atoms with Gasteiger partial charge in [0.25, 0.3) is 0 Å². The lowest BCUT2D eigenvalue weighted by Gasteiger charge is -2.32. The monoisotopic (exact) mass is 300 g/mol. The molecule has 2 N–H and O–H groups in total. The van der Waals surface area contributed by atoms with Gasteiger partial charge in [0.2, 0.25) is 10.0 Å². The molecule has 0 amide bonds. The Hall–Kier alpha value is -1.41. The van der Waals surface area contributed by atoms with Crippen molar-refractivity contribution < 1.29 is 8.42 Å². The first-order valence-corrected chi connectivity index (χ1v) is 8.52. The summed E-state index contributed by atoms with van der Waals surface area (Å²) in [5.41, 5.74) is 4.90. The van der Waals surface area contributed by atoms with Crippen LogP contribution in [0.4, 0.5) is 5.82 Å². The van der Waals surface area contributed by atoms with Crippen molar-refractivity contribution in [2.45, 2.75) is 44.8 Å². The number of hydrogen-bond acceptors (Lipinski definition) is 5. The summed E-state index contributed by atoms with van der Waals surface area (Å²) < 4.78 is 26.6. The van der Waals surface area contributed by atoms with E-state index in [1.807, 2.05) is 0 Å². The van der Waals surface area contributed by atoms with Gasteiger partial charge in [0.1, 0.15) is 5.82 Å². The van der Waals surface area contributed by atoms with Crippen LogP contribution in [0.3, 0.4) is 0 Å². The molecule has 1 saturated carbocycles. The van der Waals surface area contributed by atoms with Gasteiger partial charge in [0.15, 0.2) is 0 Å². The average molecular weight is 300 g/mol. The van der Waals surface area contributed by atoms with Gasteiger partial charge < -0.3 is 5.73 Å². The molecule has 0 bridgehead atoms. The van der Waals surface area contributed by atoms with E-state index in [1.165, 1.54) is 27.4 Å². The van der Waals surface area contributed by atoms with Crippen LogP contribution in [0.25, 0.3) is 0 Å². The predicted molar refractivity (Wildman–Crippen MR) is 76.5 cm³/mol. The van der Waals surface area contributed by atoms with Crippen LogP contribution < -0.4 is 11.4 Å². The van der Waals surface area contributed by atoms with Gasteiger partial charge in [0, 0.05) is 12.2 Å². The fraction of sp³-hybridized carbons (Fsp3) is 0.667. The van der Waals surface area contributed by atoms with Crippen molar-refractivity contribution in [2.75, 3.05) is 12.0 Å². The third-order valence-corrected chi connectivity index (χ3v) is 4.86. The summed E-state index contributed by atoms with van der Waals surface area (Å²) in [5, 5.41) is 0. The highest BCUT2D eigenvalue weighted by atomic mass is 32.2. The van der Waals surface area contributed by atoms with Gasteiger partial charge >= 0.3 is 5.69 Å². The molecule has 1 aromatic rings. The van der Waals surface area contributed by atoms with E-state index in [1.54, 1.807) is 0 Å². The molecule has 7 nitrogen and oxygen atoms in total. The first-order chi connectivity index (χ1) is 9.38. The average Bonchev–Trinajstić information content (AvgIpc) is 2.37. The van der Waals surface area contributed by atoms with E-state index in [2.05, 4.69) is 4.98 Å². The normalized spacial score (nSPS) is 17.5. The SMILES string of the molecule is CS(=O)(=O)N(Cn1ccc(N)nc1=O)C1CCCCC1. The summed E-state index contributed by atoms with van der Waals surface area (Å²) in [4.78, 5) is 15.4. The van der Waals surface area contributed by atoms with Crippen LogP contribution >= 0.6 is 0 Å². The van der Waals surface area contributed by atoms with Crippen LogP contribution in [0, 0.1) is 0 Å². The minimum absolute atomic E-state index is 0.00435. The third kappa shape index (κ3) is 3.57. The van der Waals surface area contributed by atoms with Crippen molar-refractivity contribution in [3.63, 3.8) is 0 Å². The summed E-state index contributed by atoms with van der Waals surface area (Å²) in [6.07, 6.45) is 7.51. The van der Waals surface area contributed by atoms with Gasteiger partial charge in [0.05, 0.1) is 12.9 Å². The maximum Gasteiger partial charge on any atom is 0.350 e. The molecule has 20 heavy (non-hydrogen) atoms. The van der Waals surface area contributed by atoms with Crippen LogP contribution in [0.1, 0.15) is 32.1 Å². The van der Waals surface area contributed by atoms with Gasteiger partial charge in [-0.25, -0.2) is 13.2 Å². The Morgan fingerprint density at radius 3 is 2.60 bits per heavy atom. The molecule has 0 spiro atoms. The Morgan fingerprint density at radius 2 is 2.05 bits per heavy atom. The minimum Gasteiger partial charge on any atom is -0.383 e. The molecule has 0 radical (unpaired) electrons. The second-order valence-corrected chi connectivity index (χ2v) is 7.12. The van der Waals surface area contributed by atoms with Gasteiger partial charge in [-0.3, -0.25) is 4.57 Å². The quantitative estimate of drug-likeness (QED) is 0.866. The molecule has 1 aromatic heterocycles. The lowest BCUT2D eigenvalue weighted by Crippen LogP contribution is -2.44. The number of anilines is 1. The Morgan fingerprint density at radius 1 is 1.40 bits per heavy atom. The van der Waals surface area contributed by atoms with Crippen molar-refractivity contribution in [1.29, 1.82) is 0 Å².